The lowest BCUT2D eigenvalue weighted by atomic mass is 10.0. The third kappa shape index (κ3) is 6.48. The molecule has 0 amide bonds. The molecule has 2 aromatic carbocycles. The number of nitrogens with zero attached hydrogens (tertiary/aromatic N) is 3. The molecule has 9 nitrogen and oxygen atoms in total. The van der Waals surface area contributed by atoms with Crippen LogP contribution in [0.1, 0.15) is 22.3 Å². The smallest absolute Gasteiger partial charge is 0.478 e. The third-order valence-electron chi connectivity index (χ3n) is 5.18. The number of carboxylic acids is 2. The number of aliphatic carboxylic acids is 1. The first kappa shape index (κ1) is 26.4. The number of carboxylic acid groups (broad SMARTS) is 2. The molecule has 4 N–H and O–H groups in total. The molecule has 0 spiro atoms. The van der Waals surface area contributed by atoms with Crippen LogP contribution in [0.25, 0.3) is 21.9 Å². The van der Waals surface area contributed by atoms with Crippen molar-refractivity contribution in [1.29, 1.82) is 0 Å². The maximum Gasteiger partial charge on any atom is 0.490 e. The second-order valence-electron chi connectivity index (χ2n) is 7.63. The number of pyridine rings is 1. The minimum Gasteiger partial charge on any atom is -0.478 e. The number of nitrogen functional groups attached to an aromatic ring is 1. The fourth-order valence-electron chi connectivity index (χ4n) is 3.55. The molecule has 2 aromatic heterocycles. The second-order valence-corrected chi connectivity index (χ2v) is 7.63. The number of anilines is 1. The molecular weight excluding hydrogens is 481 g/mol. The number of benzene rings is 2. The molecule has 36 heavy (non-hydrogen) atoms. The van der Waals surface area contributed by atoms with E-state index < -0.39 is 18.1 Å². The molecule has 190 valence electrons. The summed E-state index contributed by atoms with van der Waals surface area (Å²) in [5.41, 5.74) is 9.76. The van der Waals surface area contributed by atoms with Crippen molar-refractivity contribution in [2.75, 3.05) is 18.9 Å². The van der Waals surface area contributed by atoms with Crippen LogP contribution in [0.2, 0.25) is 0 Å². The molecule has 0 unspecified atom stereocenters. The van der Waals surface area contributed by atoms with E-state index in [4.69, 9.17) is 20.4 Å². The summed E-state index contributed by atoms with van der Waals surface area (Å²) in [6.45, 7) is 1.74. The van der Waals surface area contributed by atoms with Gasteiger partial charge in [0, 0.05) is 18.5 Å². The van der Waals surface area contributed by atoms with E-state index in [1.165, 1.54) is 0 Å². The van der Waals surface area contributed by atoms with Gasteiger partial charge in [-0.2, -0.15) is 13.2 Å². The molecule has 0 aliphatic heterocycles. The van der Waals surface area contributed by atoms with E-state index in [1.807, 2.05) is 41.0 Å². The summed E-state index contributed by atoms with van der Waals surface area (Å²) in [4.78, 5) is 29.0. The number of para-hydroxylation sites is 1. The molecule has 0 aliphatic rings. The SMILES string of the molecule is Nc1nc2ccccc2c2c1ncn2CCOCCCc1ccccc1C(=O)O.O=C(O)C(F)(F)F. The Balaban J connectivity index is 0.000000454. The standard InChI is InChI=1S/C22H22N4O3.C2HF3O2/c23-21-19-20(17-9-3-4-10-18(17)25-21)26(14-24-19)11-13-29-12-5-7-15-6-1-2-8-16(15)22(27)28;3-2(4,5)1(6)7/h1-4,6,8-10,14H,5,7,11-13H2,(H2,23,25)(H,27,28);(H,6,7). The molecule has 4 aromatic rings. The summed E-state index contributed by atoms with van der Waals surface area (Å²) in [6, 6.07) is 15.0. The van der Waals surface area contributed by atoms with E-state index in [-0.39, 0.29) is 0 Å². The maximum atomic E-state index is 11.3. The number of carbonyl (C=O) groups is 2. The lowest BCUT2D eigenvalue weighted by Crippen LogP contribution is -2.21. The number of ether oxygens (including phenoxy) is 1. The van der Waals surface area contributed by atoms with Crippen molar-refractivity contribution in [3.8, 4) is 0 Å². The van der Waals surface area contributed by atoms with Gasteiger partial charge in [-0.05, 0) is 30.5 Å². The molecule has 0 saturated carbocycles. The summed E-state index contributed by atoms with van der Waals surface area (Å²) < 4.78 is 39.6. The molecule has 12 heteroatoms. The Morgan fingerprint density at radius 1 is 1.03 bits per heavy atom. The van der Waals surface area contributed by atoms with Crippen LogP contribution in [-0.2, 0) is 22.5 Å². The second kappa shape index (κ2) is 11.5. The Labute approximate surface area is 202 Å². The quantitative estimate of drug-likeness (QED) is 0.304. The molecule has 0 fully saturated rings. The van der Waals surface area contributed by atoms with Gasteiger partial charge < -0.3 is 25.3 Å². The number of rotatable bonds is 8. The monoisotopic (exact) mass is 504 g/mol. The zero-order valence-corrected chi connectivity index (χ0v) is 18.9. The summed E-state index contributed by atoms with van der Waals surface area (Å²) >= 11 is 0. The van der Waals surface area contributed by atoms with Gasteiger partial charge in [0.25, 0.3) is 0 Å². The Kier molecular flexibility index (Phi) is 8.43. The van der Waals surface area contributed by atoms with E-state index in [2.05, 4.69) is 9.97 Å². The number of nitrogens with two attached hydrogens (primary N) is 1. The van der Waals surface area contributed by atoms with Gasteiger partial charge in [0.1, 0.15) is 5.52 Å². The average Bonchev–Trinajstić information content (AvgIpc) is 3.26. The summed E-state index contributed by atoms with van der Waals surface area (Å²) in [7, 11) is 0. The van der Waals surface area contributed by atoms with Gasteiger partial charge in [-0.15, -0.1) is 0 Å². The minimum absolute atomic E-state index is 0.357. The van der Waals surface area contributed by atoms with Gasteiger partial charge >= 0.3 is 18.1 Å². The van der Waals surface area contributed by atoms with Crippen LogP contribution in [0.4, 0.5) is 19.0 Å². The Hall–Kier alpha value is -4.19. The molecule has 0 saturated heterocycles. The Morgan fingerprint density at radius 3 is 2.39 bits per heavy atom. The molecule has 0 aliphatic carbocycles. The number of hydrogen-bond donors (Lipinski definition) is 3. The zero-order chi connectivity index (χ0) is 26.3. The largest absolute Gasteiger partial charge is 0.490 e. The van der Waals surface area contributed by atoms with Crippen molar-refractivity contribution >= 4 is 39.7 Å². The number of alkyl halides is 3. The van der Waals surface area contributed by atoms with Crippen LogP contribution in [0.3, 0.4) is 0 Å². The highest BCUT2D eigenvalue weighted by atomic mass is 19.4. The Bertz CT molecular complexity index is 1370. The topological polar surface area (TPSA) is 141 Å². The summed E-state index contributed by atoms with van der Waals surface area (Å²) in [5.74, 6) is -3.22. The fourth-order valence-corrected chi connectivity index (χ4v) is 3.55. The van der Waals surface area contributed by atoms with Gasteiger partial charge in [-0.3, -0.25) is 0 Å². The average molecular weight is 504 g/mol. The number of fused-ring (bicyclic) bond motifs is 3. The van der Waals surface area contributed by atoms with E-state index in [1.54, 1.807) is 18.5 Å². The summed E-state index contributed by atoms with van der Waals surface area (Å²) in [6.07, 6.45) is -1.89. The van der Waals surface area contributed by atoms with E-state index in [9.17, 15) is 23.1 Å². The molecule has 4 rings (SSSR count). The van der Waals surface area contributed by atoms with Crippen LogP contribution in [-0.4, -0.2) is 56.1 Å². The lowest BCUT2D eigenvalue weighted by molar-refractivity contribution is -0.192. The number of aromatic carboxylic acids is 1. The molecule has 0 atom stereocenters. The first-order valence-electron chi connectivity index (χ1n) is 10.8. The van der Waals surface area contributed by atoms with Crippen molar-refractivity contribution in [2.45, 2.75) is 25.6 Å². The number of aryl methyl sites for hydroxylation is 1. The van der Waals surface area contributed by atoms with Crippen molar-refractivity contribution < 1.29 is 37.7 Å². The predicted molar refractivity (Wildman–Crippen MR) is 126 cm³/mol. The molecule has 0 bridgehead atoms. The lowest BCUT2D eigenvalue weighted by Gasteiger charge is -2.09. The third-order valence-corrected chi connectivity index (χ3v) is 5.18. The normalized spacial score (nSPS) is 11.3. The van der Waals surface area contributed by atoms with Crippen molar-refractivity contribution in [1.82, 2.24) is 14.5 Å². The fraction of sp³-hybridized carbons (Fsp3) is 0.250. The van der Waals surface area contributed by atoms with Crippen molar-refractivity contribution in [3.05, 3.63) is 66.0 Å². The molecule has 0 radical (unpaired) electrons. The highest BCUT2D eigenvalue weighted by Gasteiger charge is 2.38. The highest BCUT2D eigenvalue weighted by Crippen LogP contribution is 2.26. The van der Waals surface area contributed by atoms with Crippen LogP contribution >= 0.6 is 0 Å². The number of halogens is 3. The van der Waals surface area contributed by atoms with Gasteiger partial charge in [-0.1, -0.05) is 36.4 Å². The zero-order valence-electron chi connectivity index (χ0n) is 18.9. The Morgan fingerprint density at radius 2 is 1.69 bits per heavy atom. The maximum absolute atomic E-state index is 11.3. The summed E-state index contributed by atoms with van der Waals surface area (Å²) in [5, 5.41) is 17.4. The van der Waals surface area contributed by atoms with Gasteiger partial charge in [0.05, 0.1) is 29.5 Å². The molecular formula is C24H23F3N4O5. The number of hydrogen-bond acceptors (Lipinski definition) is 6. The van der Waals surface area contributed by atoms with Crippen LogP contribution < -0.4 is 5.73 Å². The number of imidazole rings is 1. The van der Waals surface area contributed by atoms with Crippen molar-refractivity contribution in [3.63, 3.8) is 0 Å². The van der Waals surface area contributed by atoms with E-state index >= 15 is 0 Å². The van der Waals surface area contributed by atoms with Crippen molar-refractivity contribution in [2.24, 2.45) is 0 Å². The minimum atomic E-state index is -5.08. The van der Waals surface area contributed by atoms with Gasteiger partial charge in [-0.25, -0.2) is 19.6 Å². The predicted octanol–water partition coefficient (Wildman–Crippen LogP) is 4.15. The number of aromatic nitrogens is 3. The van der Waals surface area contributed by atoms with Gasteiger partial charge in [0.2, 0.25) is 0 Å². The van der Waals surface area contributed by atoms with Crippen LogP contribution in [0.15, 0.2) is 54.9 Å². The van der Waals surface area contributed by atoms with Crippen LogP contribution in [0.5, 0.6) is 0 Å². The van der Waals surface area contributed by atoms with E-state index in [0.29, 0.717) is 43.1 Å². The van der Waals surface area contributed by atoms with E-state index in [0.717, 1.165) is 28.4 Å². The molecule has 2 heterocycles. The van der Waals surface area contributed by atoms with Gasteiger partial charge in [0.15, 0.2) is 5.82 Å². The first-order chi connectivity index (χ1) is 17.1. The highest BCUT2D eigenvalue weighted by molar-refractivity contribution is 6.06. The first-order valence-corrected chi connectivity index (χ1v) is 10.8. The van der Waals surface area contributed by atoms with Crippen LogP contribution in [0, 0.1) is 0 Å².